The SMILES string of the molecule is BrCCCc1ccc(/C=C\CCCc2ccc(Oc3ccc(CCC/C=C\c4ccc(CCCBr)cc4)cc3)cc2)cc1. The Morgan fingerprint density at radius 1 is 0.419 bits per heavy atom. The largest absolute Gasteiger partial charge is 0.457 e. The zero-order chi connectivity index (χ0) is 30.0. The second-order valence-corrected chi connectivity index (χ2v) is 12.6. The lowest BCUT2D eigenvalue weighted by Crippen LogP contribution is -1.89. The maximum atomic E-state index is 6.11. The molecule has 0 unspecified atom stereocenters. The van der Waals surface area contributed by atoms with Gasteiger partial charge in [0.2, 0.25) is 0 Å². The van der Waals surface area contributed by atoms with Crippen molar-refractivity contribution in [3.63, 3.8) is 0 Å². The molecule has 1 nitrogen and oxygen atoms in total. The first kappa shape index (κ1) is 33.0. The van der Waals surface area contributed by atoms with Gasteiger partial charge >= 0.3 is 0 Å². The summed E-state index contributed by atoms with van der Waals surface area (Å²) in [4.78, 5) is 0. The number of allylic oxidation sites excluding steroid dienone is 2. The molecular formula is C40H44Br2O. The molecule has 4 aromatic rings. The van der Waals surface area contributed by atoms with E-state index in [-0.39, 0.29) is 0 Å². The van der Waals surface area contributed by atoms with Crippen molar-refractivity contribution in [2.75, 3.05) is 10.7 Å². The van der Waals surface area contributed by atoms with Gasteiger partial charge in [-0.1, -0.05) is 129 Å². The van der Waals surface area contributed by atoms with Gasteiger partial charge in [-0.25, -0.2) is 0 Å². The van der Waals surface area contributed by atoms with Gasteiger partial charge in [-0.05, 0) is 122 Å². The highest BCUT2D eigenvalue weighted by molar-refractivity contribution is 9.09. The zero-order valence-electron chi connectivity index (χ0n) is 25.2. The van der Waals surface area contributed by atoms with Crippen LogP contribution in [0.5, 0.6) is 11.5 Å². The number of aryl methyl sites for hydroxylation is 4. The van der Waals surface area contributed by atoms with E-state index in [9.17, 15) is 0 Å². The molecule has 0 atom stereocenters. The predicted molar refractivity (Wildman–Crippen MR) is 194 cm³/mol. The Morgan fingerprint density at radius 2 is 0.744 bits per heavy atom. The Morgan fingerprint density at radius 3 is 1.09 bits per heavy atom. The summed E-state index contributed by atoms with van der Waals surface area (Å²) in [6.07, 6.45) is 20.3. The molecule has 0 bridgehead atoms. The molecule has 0 aliphatic rings. The van der Waals surface area contributed by atoms with Gasteiger partial charge in [0.1, 0.15) is 11.5 Å². The molecule has 0 spiro atoms. The van der Waals surface area contributed by atoms with E-state index in [2.05, 4.69) is 153 Å². The molecule has 0 saturated carbocycles. The standard InChI is InChI=1S/C40H44Br2O/c41-31-7-13-37-19-15-33(16-20-37)9-3-1-5-11-35-23-27-39(28-24-35)43-40-29-25-36(26-30-40)12-6-2-4-10-34-17-21-38(22-18-34)14-8-32-42/h3-4,9-10,15-30H,1-2,5-8,11-14,31-32H2/b9-3-,10-4-. The Hall–Kier alpha value is -2.88. The van der Waals surface area contributed by atoms with E-state index >= 15 is 0 Å². The molecule has 0 aliphatic carbocycles. The lowest BCUT2D eigenvalue weighted by Gasteiger charge is -2.08. The van der Waals surface area contributed by atoms with Gasteiger partial charge in [-0.15, -0.1) is 0 Å². The molecule has 4 rings (SSSR count). The van der Waals surface area contributed by atoms with Crippen LogP contribution in [0.3, 0.4) is 0 Å². The van der Waals surface area contributed by atoms with Gasteiger partial charge in [-0.2, -0.15) is 0 Å². The van der Waals surface area contributed by atoms with Crippen molar-refractivity contribution in [1.82, 2.24) is 0 Å². The molecule has 0 amide bonds. The maximum Gasteiger partial charge on any atom is 0.127 e. The minimum Gasteiger partial charge on any atom is -0.457 e. The van der Waals surface area contributed by atoms with Gasteiger partial charge in [0, 0.05) is 10.7 Å². The van der Waals surface area contributed by atoms with E-state index in [0.29, 0.717) is 0 Å². The first-order valence-electron chi connectivity index (χ1n) is 15.7. The summed E-state index contributed by atoms with van der Waals surface area (Å²) in [5, 5.41) is 2.12. The van der Waals surface area contributed by atoms with Crippen LogP contribution in [0.25, 0.3) is 12.2 Å². The lowest BCUT2D eigenvalue weighted by molar-refractivity contribution is 0.482. The van der Waals surface area contributed by atoms with E-state index in [1.165, 1.54) is 46.2 Å². The second kappa shape index (κ2) is 19.4. The van der Waals surface area contributed by atoms with Crippen LogP contribution in [0.15, 0.2) is 109 Å². The van der Waals surface area contributed by atoms with E-state index < -0.39 is 0 Å². The quantitative estimate of drug-likeness (QED) is 0.0742. The van der Waals surface area contributed by atoms with Crippen molar-refractivity contribution in [1.29, 1.82) is 0 Å². The van der Waals surface area contributed by atoms with Crippen LogP contribution in [-0.4, -0.2) is 10.7 Å². The third-order valence-electron chi connectivity index (χ3n) is 7.53. The molecule has 0 aliphatic heterocycles. The molecule has 0 saturated heterocycles. The number of unbranched alkanes of at least 4 members (excludes halogenated alkanes) is 2. The highest BCUT2D eigenvalue weighted by atomic mass is 79.9. The third-order valence-corrected chi connectivity index (χ3v) is 8.65. The molecule has 3 heteroatoms. The van der Waals surface area contributed by atoms with Gasteiger partial charge in [0.25, 0.3) is 0 Å². The fraction of sp³-hybridized carbons (Fsp3) is 0.300. The second-order valence-electron chi connectivity index (χ2n) is 11.0. The number of hydrogen-bond acceptors (Lipinski definition) is 1. The highest BCUT2D eigenvalue weighted by Gasteiger charge is 2.01. The summed E-state index contributed by atoms with van der Waals surface area (Å²) >= 11 is 7.01. The molecular weight excluding hydrogens is 656 g/mol. The Balaban J connectivity index is 1.11. The number of benzene rings is 4. The smallest absolute Gasteiger partial charge is 0.127 e. The Bertz CT molecular complexity index is 1260. The summed E-state index contributed by atoms with van der Waals surface area (Å²) in [5.41, 5.74) is 8.09. The molecule has 43 heavy (non-hydrogen) atoms. The number of hydrogen-bond donors (Lipinski definition) is 0. The minimum atomic E-state index is 0.886. The summed E-state index contributed by atoms with van der Waals surface area (Å²) in [7, 11) is 0. The van der Waals surface area contributed by atoms with Crippen molar-refractivity contribution < 1.29 is 4.74 Å². The normalized spacial score (nSPS) is 11.5. The number of ether oxygens (including phenoxy) is 1. The van der Waals surface area contributed by atoms with Crippen molar-refractivity contribution in [3.8, 4) is 11.5 Å². The first-order valence-corrected chi connectivity index (χ1v) is 17.9. The van der Waals surface area contributed by atoms with Crippen LogP contribution in [0.1, 0.15) is 71.9 Å². The van der Waals surface area contributed by atoms with Crippen LogP contribution in [0.2, 0.25) is 0 Å². The van der Waals surface area contributed by atoms with Gasteiger partial charge < -0.3 is 4.74 Å². The summed E-state index contributed by atoms with van der Waals surface area (Å²) in [5.74, 6) is 1.77. The van der Waals surface area contributed by atoms with Crippen LogP contribution in [0, 0.1) is 0 Å². The molecule has 224 valence electrons. The van der Waals surface area contributed by atoms with Crippen molar-refractivity contribution in [3.05, 3.63) is 143 Å². The monoisotopic (exact) mass is 698 g/mol. The van der Waals surface area contributed by atoms with Crippen molar-refractivity contribution >= 4 is 44.0 Å². The van der Waals surface area contributed by atoms with Crippen LogP contribution in [-0.2, 0) is 25.7 Å². The minimum absolute atomic E-state index is 0.886. The Kier molecular flexibility index (Phi) is 14.9. The van der Waals surface area contributed by atoms with E-state index in [0.717, 1.165) is 73.5 Å². The zero-order valence-corrected chi connectivity index (χ0v) is 28.4. The fourth-order valence-electron chi connectivity index (χ4n) is 5.00. The number of alkyl halides is 2. The van der Waals surface area contributed by atoms with Crippen molar-refractivity contribution in [2.24, 2.45) is 0 Å². The van der Waals surface area contributed by atoms with Crippen LogP contribution >= 0.6 is 31.9 Å². The lowest BCUT2D eigenvalue weighted by atomic mass is 10.1. The van der Waals surface area contributed by atoms with E-state index in [1.807, 2.05) is 0 Å². The molecule has 4 aromatic carbocycles. The molecule has 0 N–H and O–H groups in total. The van der Waals surface area contributed by atoms with Crippen molar-refractivity contribution in [2.45, 2.75) is 64.2 Å². The molecule has 0 aromatic heterocycles. The van der Waals surface area contributed by atoms with E-state index in [4.69, 9.17) is 4.74 Å². The fourth-order valence-corrected chi connectivity index (χ4v) is 5.56. The summed E-state index contributed by atoms with van der Waals surface area (Å²) < 4.78 is 6.11. The van der Waals surface area contributed by atoms with Gasteiger partial charge in [0.05, 0.1) is 0 Å². The summed E-state index contributed by atoms with van der Waals surface area (Å²) in [6, 6.07) is 34.9. The van der Waals surface area contributed by atoms with Crippen LogP contribution < -0.4 is 4.74 Å². The molecule has 0 fully saturated rings. The average molecular weight is 701 g/mol. The number of halogens is 2. The predicted octanol–water partition coefficient (Wildman–Crippen LogP) is 12.2. The molecule has 0 radical (unpaired) electrons. The Labute approximate surface area is 276 Å². The van der Waals surface area contributed by atoms with Gasteiger partial charge in [-0.3, -0.25) is 0 Å². The van der Waals surface area contributed by atoms with E-state index in [1.54, 1.807) is 0 Å². The molecule has 0 heterocycles. The summed E-state index contributed by atoms with van der Waals surface area (Å²) in [6.45, 7) is 0. The third kappa shape index (κ3) is 12.7. The maximum absolute atomic E-state index is 6.11. The average Bonchev–Trinajstić information content (AvgIpc) is 3.05. The number of rotatable bonds is 18. The highest BCUT2D eigenvalue weighted by Crippen LogP contribution is 2.23. The van der Waals surface area contributed by atoms with Gasteiger partial charge in [0.15, 0.2) is 0 Å². The van der Waals surface area contributed by atoms with Crippen LogP contribution in [0.4, 0.5) is 0 Å². The topological polar surface area (TPSA) is 9.23 Å². The first-order chi connectivity index (χ1) is 21.2.